The number of alkyl carbamates (subject to hydrolysis) is 1. The number of pyridine rings is 1. The van der Waals surface area contributed by atoms with Gasteiger partial charge < -0.3 is 10.1 Å². The van der Waals surface area contributed by atoms with Gasteiger partial charge in [-0.15, -0.1) is 11.3 Å². The van der Waals surface area contributed by atoms with Gasteiger partial charge in [0.1, 0.15) is 5.00 Å². The molecule has 3 aromatic rings. The Morgan fingerprint density at radius 1 is 1.15 bits per heavy atom. The lowest BCUT2D eigenvalue weighted by Gasteiger charge is -2.07. The van der Waals surface area contributed by atoms with Crippen LogP contribution >= 0.6 is 11.3 Å². The first kappa shape index (κ1) is 17.6. The summed E-state index contributed by atoms with van der Waals surface area (Å²) >= 11 is 1.19. The molecule has 0 aliphatic heterocycles. The van der Waals surface area contributed by atoms with Crippen LogP contribution < -0.4 is 10.6 Å². The van der Waals surface area contributed by atoms with Crippen molar-refractivity contribution < 1.29 is 19.1 Å². The van der Waals surface area contributed by atoms with Crippen LogP contribution in [0.25, 0.3) is 10.9 Å². The second-order valence-corrected chi connectivity index (χ2v) is 6.12. The highest BCUT2D eigenvalue weighted by atomic mass is 32.1. The van der Waals surface area contributed by atoms with Crippen molar-refractivity contribution in [3.63, 3.8) is 0 Å². The number of nitrogens with one attached hydrogen (secondary N) is 2. The number of hydrogen-bond acceptors (Lipinski definition) is 6. The fourth-order valence-electron chi connectivity index (χ4n) is 2.30. The monoisotopic (exact) mass is 369 g/mol. The number of nitrogens with zero attached hydrogens (tertiary/aromatic N) is 1. The van der Waals surface area contributed by atoms with Crippen LogP contribution in [0, 0.1) is 0 Å². The molecule has 0 saturated carbocycles. The quantitative estimate of drug-likeness (QED) is 0.734. The molecule has 0 unspecified atom stereocenters. The van der Waals surface area contributed by atoms with E-state index in [4.69, 9.17) is 0 Å². The number of thiophene rings is 1. The molecular weight excluding hydrogens is 354 g/mol. The Morgan fingerprint density at radius 3 is 2.81 bits per heavy atom. The molecule has 0 aliphatic carbocycles. The molecule has 0 aliphatic rings. The number of carbonyl (C=O) groups excluding carboxylic acids is 3. The predicted molar refractivity (Wildman–Crippen MR) is 98.5 cm³/mol. The molecule has 0 bridgehead atoms. The van der Waals surface area contributed by atoms with Crippen LogP contribution in [0.5, 0.6) is 0 Å². The number of anilines is 1. The summed E-state index contributed by atoms with van der Waals surface area (Å²) in [7, 11) is 0. The number of fused-ring (bicyclic) bond motifs is 1. The summed E-state index contributed by atoms with van der Waals surface area (Å²) in [5.41, 5.74) is 1.42. The molecule has 132 valence electrons. The van der Waals surface area contributed by atoms with Crippen LogP contribution in [0.4, 0.5) is 9.80 Å². The van der Waals surface area contributed by atoms with Crippen LogP contribution in [0.1, 0.15) is 27.6 Å². The van der Waals surface area contributed by atoms with Crippen molar-refractivity contribution >= 4 is 45.1 Å². The number of amides is 3. The second-order valence-electron chi connectivity index (χ2n) is 5.20. The first-order valence-electron chi connectivity index (χ1n) is 7.80. The van der Waals surface area contributed by atoms with E-state index >= 15 is 0 Å². The number of aromatic nitrogens is 1. The van der Waals surface area contributed by atoms with Gasteiger partial charge in [0, 0.05) is 17.1 Å². The molecule has 3 rings (SSSR count). The van der Waals surface area contributed by atoms with E-state index in [0.717, 1.165) is 10.9 Å². The molecule has 0 radical (unpaired) electrons. The Labute approximate surface area is 153 Å². The summed E-state index contributed by atoms with van der Waals surface area (Å²) in [6.07, 6.45) is 0.852. The molecule has 2 aromatic heterocycles. The third-order valence-electron chi connectivity index (χ3n) is 3.49. The number of carbonyl (C=O) groups is 3. The number of hydrogen-bond donors (Lipinski definition) is 2. The van der Waals surface area contributed by atoms with Gasteiger partial charge in [-0.05, 0) is 42.6 Å². The number of imide groups is 1. The molecule has 2 N–H and O–H groups in total. The first-order valence-corrected chi connectivity index (χ1v) is 8.68. The van der Waals surface area contributed by atoms with Crippen LogP contribution in [-0.4, -0.2) is 29.5 Å². The predicted octanol–water partition coefficient (Wildman–Crippen LogP) is 3.43. The van der Waals surface area contributed by atoms with E-state index in [2.05, 4.69) is 20.4 Å². The Balaban J connectivity index is 1.76. The maximum Gasteiger partial charge on any atom is 0.414 e. The fourth-order valence-corrected chi connectivity index (χ4v) is 3.08. The van der Waals surface area contributed by atoms with E-state index in [0.29, 0.717) is 10.6 Å². The highest BCUT2D eigenvalue weighted by molar-refractivity contribution is 7.14. The minimum absolute atomic E-state index is 0.156. The molecule has 2 heterocycles. The van der Waals surface area contributed by atoms with Gasteiger partial charge in [0.05, 0.1) is 17.7 Å². The average Bonchev–Trinajstić information content (AvgIpc) is 3.09. The molecule has 0 fully saturated rings. The zero-order chi connectivity index (χ0) is 18.5. The Kier molecular flexibility index (Phi) is 5.23. The highest BCUT2D eigenvalue weighted by Crippen LogP contribution is 2.24. The Hall–Kier alpha value is -3.26. The summed E-state index contributed by atoms with van der Waals surface area (Å²) in [6.45, 7) is 1.79. The molecular formula is C18H15N3O4S. The van der Waals surface area contributed by atoms with Crippen molar-refractivity contribution in [3.8, 4) is 0 Å². The summed E-state index contributed by atoms with van der Waals surface area (Å²) in [4.78, 5) is 40.2. The lowest BCUT2D eigenvalue weighted by atomic mass is 10.1. The number of benzene rings is 1. The normalized spacial score (nSPS) is 10.3. The molecule has 3 amide bonds. The van der Waals surface area contributed by atoms with Gasteiger partial charge in [-0.3, -0.25) is 19.9 Å². The number of ether oxygens (including phenoxy) is 1. The van der Waals surface area contributed by atoms with E-state index in [-0.39, 0.29) is 18.1 Å². The molecule has 1 aromatic carbocycles. The van der Waals surface area contributed by atoms with Crippen LogP contribution in [0.2, 0.25) is 0 Å². The van der Waals surface area contributed by atoms with Crippen LogP contribution in [0.3, 0.4) is 0 Å². The Bertz CT molecular complexity index is 983. The van der Waals surface area contributed by atoms with Crippen LogP contribution in [-0.2, 0) is 4.74 Å². The third-order valence-corrected chi connectivity index (χ3v) is 4.32. The van der Waals surface area contributed by atoms with E-state index in [1.54, 1.807) is 42.8 Å². The molecule has 0 atom stereocenters. The van der Waals surface area contributed by atoms with Gasteiger partial charge in [0.2, 0.25) is 0 Å². The Morgan fingerprint density at radius 2 is 2.00 bits per heavy atom. The van der Waals surface area contributed by atoms with E-state index in [1.165, 1.54) is 17.4 Å². The summed E-state index contributed by atoms with van der Waals surface area (Å²) in [6, 6.07) is 10.3. The molecule has 7 nitrogen and oxygen atoms in total. The average molecular weight is 369 g/mol. The lowest BCUT2D eigenvalue weighted by Crippen LogP contribution is -2.31. The minimum Gasteiger partial charge on any atom is -0.450 e. The fraction of sp³-hybridized carbons (Fsp3) is 0.111. The third kappa shape index (κ3) is 3.86. The molecule has 0 saturated heterocycles. The van der Waals surface area contributed by atoms with Gasteiger partial charge in [0.25, 0.3) is 11.8 Å². The number of rotatable bonds is 4. The maximum absolute atomic E-state index is 12.5. The molecule has 26 heavy (non-hydrogen) atoms. The standard InChI is InChI=1S/C18H15N3O4S/c1-2-25-18(24)21-16(23)13-7-9-26-17(13)20-15(22)12-5-6-14-11(10-12)4-3-8-19-14/h3-10H,2H2,1H3,(H,20,22)(H,21,23,24). The molecule has 8 heteroatoms. The topological polar surface area (TPSA) is 97.4 Å². The minimum atomic E-state index is -0.831. The van der Waals surface area contributed by atoms with E-state index < -0.39 is 12.0 Å². The summed E-state index contributed by atoms with van der Waals surface area (Å²) in [5.74, 6) is -0.994. The van der Waals surface area contributed by atoms with Gasteiger partial charge in [-0.2, -0.15) is 0 Å². The van der Waals surface area contributed by atoms with Crippen molar-refractivity contribution in [2.75, 3.05) is 11.9 Å². The SMILES string of the molecule is CCOC(=O)NC(=O)c1ccsc1NC(=O)c1ccc2ncccc2c1. The largest absolute Gasteiger partial charge is 0.450 e. The van der Waals surface area contributed by atoms with Gasteiger partial charge >= 0.3 is 6.09 Å². The van der Waals surface area contributed by atoms with E-state index in [9.17, 15) is 14.4 Å². The van der Waals surface area contributed by atoms with Crippen molar-refractivity contribution in [3.05, 3.63) is 59.1 Å². The van der Waals surface area contributed by atoms with Crippen LogP contribution in [0.15, 0.2) is 48.0 Å². The van der Waals surface area contributed by atoms with Crippen molar-refractivity contribution in [2.45, 2.75) is 6.92 Å². The van der Waals surface area contributed by atoms with Gasteiger partial charge in [-0.25, -0.2) is 4.79 Å². The van der Waals surface area contributed by atoms with Crippen molar-refractivity contribution in [1.82, 2.24) is 10.3 Å². The maximum atomic E-state index is 12.5. The van der Waals surface area contributed by atoms with Crippen molar-refractivity contribution in [1.29, 1.82) is 0 Å². The highest BCUT2D eigenvalue weighted by Gasteiger charge is 2.18. The second kappa shape index (κ2) is 7.75. The lowest BCUT2D eigenvalue weighted by molar-refractivity contribution is 0.0926. The first-order chi connectivity index (χ1) is 12.6. The smallest absolute Gasteiger partial charge is 0.414 e. The van der Waals surface area contributed by atoms with Gasteiger partial charge in [-0.1, -0.05) is 6.07 Å². The van der Waals surface area contributed by atoms with E-state index in [1.807, 2.05) is 6.07 Å². The van der Waals surface area contributed by atoms with Gasteiger partial charge in [0.15, 0.2) is 0 Å². The zero-order valence-electron chi connectivity index (χ0n) is 13.8. The van der Waals surface area contributed by atoms with Crippen molar-refractivity contribution in [2.24, 2.45) is 0 Å². The zero-order valence-corrected chi connectivity index (χ0v) is 14.6. The summed E-state index contributed by atoms with van der Waals surface area (Å²) < 4.78 is 4.68. The summed E-state index contributed by atoms with van der Waals surface area (Å²) in [5, 5.41) is 7.65. The molecule has 0 spiro atoms.